The lowest BCUT2D eigenvalue weighted by atomic mass is 9.72. The number of rotatable bonds is 8. The zero-order chi connectivity index (χ0) is 28.4. The van der Waals surface area contributed by atoms with E-state index in [-0.39, 0.29) is 11.1 Å². The first-order valence-corrected chi connectivity index (χ1v) is 13.9. The minimum atomic E-state index is -5.95. The molecule has 0 saturated carbocycles. The zero-order valence-electron chi connectivity index (χ0n) is 19.8. The van der Waals surface area contributed by atoms with Crippen molar-refractivity contribution >= 4 is 32.4 Å². The summed E-state index contributed by atoms with van der Waals surface area (Å²) in [6, 6.07) is 3.43. The molecular formula is C23H22F6O6S2. The summed E-state index contributed by atoms with van der Waals surface area (Å²) in [7, 11) is -8.31. The van der Waals surface area contributed by atoms with Gasteiger partial charge in [-0.1, -0.05) is 36.4 Å². The average Bonchev–Trinajstić information content (AvgIpc) is 2.68. The standard InChI is InChI=1S/C23H22F6O6S2/c1-5-7-15-13-17(9-11-19(15)34-36(3,30)31)21(22(24,25)26,23(27,28)29)18-10-12-20(35-37(4,32)33)16(14-18)8-6-2/h5-14H,1-4H3/b7-5-,8-6-. The number of halogens is 6. The van der Waals surface area contributed by atoms with Crippen LogP contribution in [0.2, 0.25) is 0 Å². The van der Waals surface area contributed by atoms with E-state index in [4.69, 9.17) is 8.37 Å². The van der Waals surface area contributed by atoms with Crippen LogP contribution in [0.5, 0.6) is 11.5 Å². The number of benzene rings is 2. The highest BCUT2D eigenvalue weighted by molar-refractivity contribution is 7.86. The van der Waals surface area contributed by atoms with Crippen LogP contribution in [0.15, 0.2) is 48.6 Å². The summed E-state index contributed by atoms with van der Waals surface area (Å²) in [6.07, 6.45) is -5.84. The van der Waals surface area contributed by atoms with Crippen LogP contribution in [-0.4, -0.2) is 41.7 Å². The Morgan fingerprint density at radius 2 is 0.973 bits per heavy atom. The summed E-state index contributed by atoms with van der Waals surface area (Å²) in [5.41, 5.74) is -7.85. The van der Waals surface area contributed by atoms with E-state index in [9.17, 15) is 43.2 Å². The predicted molar refractivity (Wildman–Crippen MR) is 126 cm³/mol. The van der Waals surface area contributed by atoms with Crippen molar-refractivity contribution in [2.24, 2.45) is 0 Å². The Balaban J connectivity index is 3.02. The molecule has 204 valence electrons. The molecule has 0 radical (unpaired) electrons. The number of allylic oxidation sites excluding steroid dienone is 2. The molecule has 0 aliphatic rings. The van der Waals surface area contributed by atoms with Gasteiger partial charge in [-0.25, -0.2) is 0 Å². The molecule has 0 atom stereocenters. The SMILES string of the molecule is C/C=C\c1cc(C(c2ccc(OS(C)(=O)=O)c(/C=C\C)c2)(C(F)(F)F)C(F)(F)F)ccc1OS(C)(=O)=O. The Morgan fingerprint density at radius 3 is 1.22 bits per heavy atom. The number of alkyl halides is 6. The lowest BCUT2D eigenvalue weighted by Crippen LogP contribution is -2.54. The predicted octanol–water partition coefficient (Wildman–Crippen LogP) is 5.84. The molecule has 14 heteroatoms. The van der Waals surface area contributed by atoms with Gasteiger partial charge in [-0.3, -0.25) is 0 Å². The third kappa shape index (κ3) is 6.66. The molecule has 0 N–H and O–H groups in total. The molecule has 0 spiro atoms. The summed E-state index contributed by atoms with van der Waals surface area (Å²) < 4.78 is 143. The third-order valence-electron chi connectivity index (χ3n) is 4.91. The average molecular weight is 573 g/mol. The van der Waals surface area contributed by atoms with Gasteiger partial charge in [0, 0.05) is 11.1 Å². The van der Waals surface area contributed by atoms with E-state index >= 15 is 0 Å². The van der Waals surface area contributed by atoms with E-state index < -0.39 is 60.6 Å². The van der Waals surface area contributed by atoms with Crippen LogP contribution in [0.3, 0.4) is 0 Å². The normalized spacial score (nSPS) is 13.9. The Hall–Kier alpha value is -3.00. The Kier molecular flexibility index (Phi) is 8.50. The van der Waals surface area contributed by atoms with E-state index in [0.717, 1.165) is 12.2 Å². The minimum Gasteiger partial charge on any atom is -0.382 e. The first-order valence-electron chi connectivity index (χ1n) is 10.2. The molecule has 0 aromatic heterocycles. The van der Waals surface area contributed by atoms with Crippen molar-refractivity contribution in [2.75, 3.05) is 12.5 Å². The highest BCUT2D eigenvalue weighted by Crippen LogP contribution is 2.57. The quantitative estimate of drug-likeness (QED) is 0.292. The van der Waals surface area contributed by atoms with Crippen LogP contribution in [0.1, 0.15) is 36.1 Å². The second kappa shape index (κ2) is 10.4. The maximum atomic E-state index is 14.6. The Labute approximate surface area is 210 Å². The van der Waals surface area contributed by atoms with Gasteiger partial charge in [0.05, 0.1) is 12.5 Å². The van der Waals surface area contributed by atoms with Gasteiger partial charge in [-0.15, -0.1) is 0 Å². The van der Waals surface area contributed by atoms with E-state index in [2.05, 4.69) is 0 Å². The van der Waals surface area contributed by atoms with Crippen molar-refractivity contribution in [3.8, 4) is 11.5 Å². The summed E-state index contributed by atoms with van der Waals surface area (Å²) >= 11 is 0. The fourth-order valence-electron chi connectivity index (χ4n) is 3.64. The molecule has 0 unspecified atom stereocenters. The van der Waals surface area contributed by atoms with Crippen LogP contribution < -0.4 is 8.37 Å². The van der Waals surface area contributed by atoms with Crippen LogP contribution in [0.4, 0.5) is 26.3 Å². The third-order valence-corrected chi connectivity index (χ3v) is 5.88. The van der Waals surface area contributed by atoms with Gasteiger partial charge in [-0.05, 0) is 49.2 Å². The van der Waals surface area contributed by atoms with Crippen molar-refractivity contribution in [3.05, 3.63) is 70.8 Å². The van der Waals surface area contributed by atoms with Gasteiger partial charge in [0.2, 0.25) is 5.41 Å². The van der Waals surface area contributed by atoms with Gasteiger partial charge in [0.15, 0.2) is 0 Å². The highest BCUT2D eigenvalue weighted by atomic mass is 32.2. The lowest BCUT2D eigenvalue weighted by molar-refractivity contribution is -0.288. The largest absolute Gasteiger partial charge is 0.411 e. The maximum absolute atomic E-state index is 14.6. The first-order chi connectivity index (χ1) is 16.8. The Morgan fingerprint density at radius 1 is 0.649 bits per heavy atom. The van der Waals surface area contributed by atoms with E-state index in [1.165, 1.54) is 26.0 Å². The van der Waals surface area contributed by atoms with Crippen LogP contribution in [-0.2, 0) is 25.7 Å². The molecular weight excluding hydrogens is 550 g/mol. The molecule has 37 heavy (non-hydrogen) atoms. The second-order valence-corrected chi connectivity index (χ2v) is 11.0. The fraction of sp³-hybridized carbons (Fsp3) is 0.304. The molecule has 0 heterocycles. The lowest BCUT2D eigenvalue weighted by Gasteiger charge is -2.38. The first kappa shape index (κ1) is 30.2. The van der Waals surface area contributed by atoms with Gasteiger partial charge in [0.25, 0.3) is 0 Å². The summed E-state index contributed by atoms with van der Waals surface area (Å²) in [5, 5.41) is 0. The summed E-state index contributed by atoms with van der Waals surface area (Å²) in [4.78, 5) is 0. The van der Waals surface area contributed by atoms with Gasteiger partial charge < -0.3 is 8.37 Å². The van der Waals surface area contributed by atoms with Crippen molar-refractivity contribution < 1.29 is 51.5 Å². The van der Waals surface area contributed by atoms with Crippen molar-refractivity contribution in [1.29, 1.82) is 0 Å². The molecule has 0 amide bonds. The Bertz CT molecular complexity index is 1310. The molecule has 0 saturated heterocycles. The maximum Gasteiger partial charge on any atom is 0.411 e. The molecule has 2 aromatic rings. The molecule has 0 fully saturated rings. The van der Waals surface area contributed by atoms with E-state index in [0.29, 0.717) is 48.9 Å². The monoisotopic (exact) mass is 572 g/mol. The molecule has 2 aromatic carbocycles. The highest BCUT2D eigenvalue weighted by Gasteiger charge is 2.72. The molecule has 0 bridgehead atoms. The van der Waals surface area contributed by atoms with Crippen molar-refractivity contribution in [1.82, 2.24) is 0 Å². The molecule has 0 aliphatic carbocycles. The fourth-order valence-corrected chi connectivity index (χ4v) is 4.60. The van der Waals surface area contributed by atoms with Gasteiger partial charge in [0.1, 0.15) is 11.5 Å². The van der Waals surface area contributed by atoms with Crippen LogP contribution in [0, 0.1) is 0 Å². The topological polar surface area (TPSA) is 86.7 Å². The molecule has 0 aliphatic heterocycles. The minimum absolute atomic E-state index is 0.353. The zero-order valence-corrected chi connectivity index (χ0v) is 21.4. The smallest absolute Gasteiger partial charge is 0.382 e. The molecule has 2 rings (SSSR count). The van der Waals surface area contributed by atoms with Crippen LogP contribution in [0.25, 0.3) is 12.2 Å². The van der Waals surface area contributed by atoms with E-state index in [1.54, 1.807) is 0 Å². The second-order valence-electron chi connectivity index (χ2n) is 7.83. The van der Waals surface area contributed by atoms with E-state index in [1.807, 2.05) is 0 Å². The van der Waals surface area contributed by atoms with Crippen LogP contribution >= 0.6 is 0 Å². The van der Waals surface area contributed by atoms with Crippen molar-refractivity contribution in [2.45, 2.75) is 31.6 Å². The number of hydrogen-bond acceptors (Lipinski definition) is 6. The molecule has 6 nitrogen and oxygen atoms in total. The summed E-state index contributed by atoms with van der Waals surface area (Å²) in [5.74, 6) is -0.955. The van der Waals surface area contributed by atoms with Gasteiger partial charge >= 0.3 is 32.6 Å². The summed E-state index contributed by atoms with van der Waals surface area (Å²) in [6.45, 7) is 2.84. The van der Waals surface area contributed by atoms with Gasteiger partial charge in [-0.2, -0.15) is 43.2 Å². The van der Waals surface area contributed by atoms with Crippen molar-refractivity contribution in [3.63, 3.8) is 0 Å². The number of hydrogen-bond donors (Lipinski definition) is 0.